The Kier molecular flexibility index (Phi) is 4.62. The fourth-order valence-electron chi connectivity index (χ4n) is 2.45. The molecule has 1 aliphatic rings. The molecule has 6 nitrogen and oxygen atoms in total. The molecular formula is C14H16BrNO5S. The minimum absolute atomic E-state index is 0.0877. The molecule has 8 heteroatoms. The molecule has 1 N–H and O–H groups in total. The number of sulfone groups is 1. The van der Waals surface area contributed by atoms with Gasteiger partial charge in [-0.1, -0.05) is 28.1 Å². The molecule has 2 rings (SSSR count). The van der Waals surface area contributed by atoms with Crippen LogP contribution in [0.15, 0.2) is 22.7 Å². The van der Waals surface area contributed by atoms with Gasteiger partial charge in [-0.05, 0) is 24.1 Å². The Balaban J connectivity index is 2.42. The van der Waals surface area contributed by atoms with Gasteiger partial charge in [-0.3, -0.25) is 4.79 Å². The van der Waals surface area contributed by atoms with Crippen LogP contribution < -0.4 is 0 Å². The number of hydrogen-bond acceptors (Lipinski definition) is 4. The van der Waals surface area contributed by atoms with Gasteiger partial charge in [0.05, 0.1) is 0 Å². The second-order valence-corrected chi connectivity index (χ2v) is 8.59. The van der Waals surface area contributed by atoms with Gasteiger partial charge < -0.3 is 10.0 Å². The van der Waals surface area contributed by atoms with Crippen LogP contribution in [0.25, 0.3) is 0 Å². The number of aliphatic carboxylic acids is 1. The van der Waals surface area contributed by atoms with E-state index in [-0.39, 0.29) is 13.0 Å². The predicted octanol–water partition coefficient (Wildman–Crippen LogP) is 1.22. The molecular weight excluding hydrogens is 374 g/mol. The molecule has 0 aliphatic carbocycles. The van der Waals surface area contributed by atoms with E-state index >= 15 is 0 Å². The molecule has 0 spiro atoms. The number of fused-ring (bicyclic) bond motifs is 1. The summed E-state index contributed by atoms with van der Waals surface area (Å²) in [7, 11) is -3.58. The highest BCUT2D eigenvalue weighted by Gasteiger charge is 2.39. The monoisotopic (exact) mass is 389 g/mol. The van der Waals surface area contributed by atoms with E-state index < -0.39 is 33.0 Å². The first kappa shape index (κ1) is 17.0. The second-order valence-electron chi connectivity index (χ2n) is 5.37. The van der Waals surface area contributed by atoms with Crippen LogP contribution in [0.2, 0.25) is 0 Å². The first-order chi connectivity index (χ1) is 10.1. The highest BCUT2D eigenvalue weighted by atomic mass is 79.9. The van der Waals surface area contributed by atoms with E-state index in [4.69, 9.17) is 0 Å². The Morgan fingerprint density at radius 1 is 1.41 bits per heavy atom. The summed E-state index contributed by atoms with van der Waals surface area (Å²) in [5, 5.41) is 8.14. The van der Waals surface area contributed by atoms with Crippen LogP contribution in [0.4, 0.5) is 0 Å². The van der Waals surface area contributed by atoms with Gasteiger partial charge >= 0.3 is 5.97 Å². The third-order valence-corrected chi connectivity index (χ3v) is 6.12. The molecule has 0 aromatic heterocycles. The maximum absolute atomic E-state index is 12.4. The molecule has 120 valence electrons. The molecule has 1 heterocycles. The molecule has 0 saturated heterocycles. The third kappa shape index (κ3) is 3.17. The van der Waals surface area contributed by atoms with E-state index in [1.807, 2.05) is 12.1 Å². The number of hydrogen-bond donors (Lipinski definition) is 1. The lowest BCUT2D eigenvalue weighted by molar-refractivity contribution is -0.151. The van der Waals surface area contributed by atoms with Crippen molar-refractivity contribution in [1.82, 2.24) is 4.90 Å². The number of carboxylic acid groups (broad SMARTS) is 1. The van der Waals surface area contributed by atoms with Gasteiger partial charge in [0, 0.05) is 23.7 Å². The average molecular weight is 390 g/mol. The minimum Gasteiger partial charge on any atom is -0.480 e. The molecule has 1 aromatic rings. The number of rotatable bonds is 3. The maximum atomic E-state index is 12.4. The lowest BCUT2D eigenvalue weighted by Crippen LogP contribution is -2.52. The molecule has 0 fully saturated rings. The van der Waals surface area contributed by atoms with Crippen molar-refractivity contribution in [3.8, 4) is 0 Å². The van der Waals surface area contributed by atoms with E-state index in [0.29, 0.717) is 0 Å². The number of amides is 1. The van der Waals surface area contributed by atoms with E-state index in [0.717, 1.165) is 26.8 Å². The summed E-state index contributed by atoms with van der Waals surface area (Å²) in [5.74, 6) is -1.82. The number of carbonyl (C=O) groups excluding carboxylic acids is 1. The van der Waals surface area contributed by atoms with Crippen LogP contribution in [0.3, 0.4) is 0 Å². The largest absolute Gasteiger partial charge is 0.480 e. The lowest BCUT2D eigenvalue weighted by Gasteiger charge is -2.36. The van der Waals surface area contributed by atoms with Gasteiger partial charge in [0.2, 0.25) is 5.91 Å². The van der Waals surface area contributed by atoms with Crippen molar-refractivity contribution in [2.24, 2.45) is 0 Å². The molecule has 1 aromatic carbocycles. The summed E-state index contributed by atoms with van der Waals surface area (Å²) in [5.41, 5.74) is 1.66. The Hall–Kier alpha value is -1.41. The zero-order valence-corrected chi connectivity index (χ0v) is 14.5. The van der Waals surface area contributed by atoms with E-state index in [9.17, 15) is 23.1 Å². The fourth-order valence-corrected chi connectivity index (χ4v) is 3.52. The average Bonchev–Trinajstić information content (AvgIpc) is 2.43. The van der Waals surface area contributed by atoms with Crippen LogP contribution in [-0.4, -0.2) is 47.8 Å². The van der Waals surface area contributed by atoms with Crippen LogP contribution in [-0.2, 0) is 32.4 Å². The van der Waals surface area contributed by atoms with E-state index in [1.54, 1.807) is 6.07 Å². The van der Waals surface area contributed by atoms with Crippen molar-refractivity contribution in [2.75, 3.05) is 6.26 Å². The molecule has 0 radical (unpaired) electrons. The molecule has 22 heavy (non-hydrogen) atoms. The predicted molar refractivity (Wildman–Crippen MR) is 84.1 cm³/mol. The first-order valence-corrected chi connectivity index (χ1v) is 9.36. The highest BCUT2D eigenvalue weighted by Crippen LogP contribution is 2.30. The van der Waals surface area contributed by atoms with Gasteiger partial charge in [-0.25, -0.2) is 13.2 Å². The SMILES string of the molecule is CC(C(=O)N1Cc2cccc(Br)c2CC1C(=O)O)S(C)(=O)=O. The smallest absolute Gasteiger partial charge is 0.326 e. The third-order valence-electron chi connectivity index (χ3n) is 3.89. The lowest BCUT2D eigenvalue weighted by atomic mass is 9.93. The Bertz CT molecular complexity index is 731. The van der Waals surface area contributed by atoms with Crippen molar-refractivity contribution >= 4 is 37.6 Å². The van der Waals surface area contributed by atoms with Gasteiger partial charge in [-0.15, -0.1) is 0 Å². The van der Waals surface area contributed by atoms with E-state index in [2.05, 4.69) is 15.9 Å². The highest BCUT2D eigenvalue weighted by molar-refractivity contribution is 9.10. The second kappa shape index (κ2) is 6.00. The first-order valence-electron chi connectivity index (χ1n) is 6.61. The maximum Gasteiger partial charge on any atom is 0.326 e. The Morgan fingerprint density at radius 2 is 2.05 bits per heavy atom. The summed E-state index contributed by atoms with van der Waals surface area (Å²) in [4.78, 5) is 25.1. The zero-order valence-electron chi connectivity index (χ0n) is 12.1. The molecule has 1 amide bonds. The van der Waals surface area contributed by atoms with Crippen LogP contribution in [0.5, 0.6) is 0 Å². The number of halogens is 1. The normalized spacial score (nSPS) is 19.4. The standard InChI is InChI=1S/C14H16BrNO5S/c1-8(22(2,20)21)13(17)16-7-9-4-3-5-11(15)10(9)6-12(16)14(18)19/h3-5,8,12H,6-7H2,1-2H3,(H,18,19). The number of benzene rings is 1. The Labute approximate surface area is 137 Å². The van der Waals surface area contributed by atoms with Crippen molar-refractivity contribution in [3.63, 3.8) is 0 Å². The van der Waals surface area contributed by atoms with Gasteiger partial charge in [0.15, 0.2) is 9.84 Å². The molecule has 0 bridgehead atoms. The van der Waals surface area contributed by atoms with Crippen LogP contribution >= 0.6 is 15.9 Å². The van der Waals surface area contributed by atoms with Gasteiger partial charge in [0.25, 0.3) is 0 Å². The van der Waals surface area contributed by atoms with Crippen LogP contribution in [0.1, 0.15) is 18.1 Å². The molecule has 1 aliphatic heterocycles. The van der Waals surface area contributed by atoms with Gasteiger partial charge in [-0.2, -0.15) is 0 Å². The Morgan fingerprint density at radius 3 is 2.59 bits per heavy atom. The summed E-state index contributed by atoms with van der Waals surface area (Å²) in [6.07, 6.45) is 1.12. The van der Waals surface area contributed by atoms with Crippen molar-refractivity contribution < 1.29 is 23.1 Å². The molecule has 2 unspecified atom stereocenters. The van der Waals surface area contributed by atoms with Crippen molar-refractivity contribution in [3.05, 3.63) is 33.8 Å². The summed E-state index contributed by atoms with van der Waals surface area (Å²) >= 11 is 3.38. The summed E-state index contributed by atoms with van der Waals surface area (Å²) in [6.45, 7) is 1.37. The quantitative estimate of drug-likeness (QED) is 0.838. The van der Waals surface area contributed by atoms with Crippen LogP contribution in [0, 0.1) is 0 Å². The molecule has 0 saturated carbocycles. The minimum atomic E-state index is -3.58. The topological polar surface area (TPSA) is 91.8 Å². The number of nitrogens with zero attached hydrogens (tertiary/aromatic N) is 1. The zero-order chi connectivity index (χ0) is 16.7. The van der Waals surface area contributed by atoms with Crippen molar-refractivity contribution in [2.45, 2.75) is 31.2 Å². The van der Waals surface area contributed by atoms with Crippen molar-refractivity contribution in [1.29, 1.82) is 0 Å². The van der Waals surface area contributed by atoms with Gasteiger partial charge in [0.1, 0.15) is 11.3 Å². The van der Waals surface area contributed by atoms with E-state index in [1.165, 1.54) is 6.92 Å². The fraction of sp³-hybridized carbons (Fsp3) is 0.429. The number of carboxylic acids is 1. The number of carbonyl (C=O) groups is 2. The summed E-state index contributed by atoms with van der Waals surface area (Å²) in [6, 6.07) is 4.35. The molecule has 2 atom stereocenters. The summed E-state index contributed by atoms with van der Waals surface area (Å²) < 4.78 is 24.0.